The summed E-state index contributed by atoms with van der Waals surface area (Å²) >= 11 is 0. The van der Waals surface area contributed by atoms with Gasteiger partial charge in [-0.3, -0.25) is 4.79 Å². The Bertz CT molecular complexity index is 482. The standard InChI is InChI=1S/C17H23NO2/c19-11-10-18(16-6-3-7-16)17(20)15-9-8-13-4-1-2-5-14(13)12-15/h1-2,4-5,15-16,19H,3,6-12H2. The zero-order chi connectivity index (χ0) is 13.9. The highest BCUT2D eigenvalue weighted by molar-refractivity contribution is 5.80. The minimum Gasteiger partial charge on any atom is -0.395 e. The molecule has 20 heavy (non-hydrogen) atoms. The summed E-state index contributed by atoms with van der Waals surface area (Å²) in [5, 5.41) is 9.22. The molecule has 0 aromatic heterocycles. The van der Waals surface area contributed by atoms with Crippen molar-refractivity contribution in [1.29, 1.82) is 0 Å². The SMILES string of the molecule is O=C(C1CCc2ccccc2C1)N(CCO)C1CCC1. The lowest BCUT2D eigenvalue weighted by Crippen LogP contribution is -2.49. The van der Waals surface area contributed by atoms with E-state index in [9.17, 15) is 9.90 Å². The van der Waals surface area contributed by atoms with E-state index in [0.717, 1.165) is 32.1 Å². The first-order valence-corrected chi connectivity index (χ1v) is 7.77. The van der Waals surface area contributed by atoms with Gasteiger partial charge in [-0.1, -0.05) is 24.3 Å². The Kier molecular flexibility index (Phi) is 4.06. The van der Waals surface area contributed by atoms with E-state index >= 15 is 0 Å². The van der Waals surface area contributed by atoms with Crippen LogP contribution in [0.25, 0.3) is 0 Å². The number of aliphatic hydroxyl groups is 1. The van der Waals surface area contributed by atoms with Crippen molar-refractivity contribution in [3.05, 3.63) is 35.4 Å². The maximum Gasteiger partial charge on any atom is 0.226 e. The Labute approximate surface area is 120 Å². The second kappa shape index (κ2) is 5.96. The van der Waals surface area contributed by atoms with E-state index in [1.54, 1.807) is 0 Å². The number of rotatable bonds is 4. The minimum absolute atomic E-state index is 0.0749. The summed E-state index contributed by atoms with van der Waals surface area (Å²) < 4.78 is 0. The fourth-order valence-corrected chi connectivity index (χ4v) is 3.42. The smallest absolute Gasteiger partial charge is 0.226 e. The van der Waals surface area contributed by atoms with Gasteiger partial charge in [-0.25, -0.2) is 0 Å². The van der Waals surface area contributed by atoms with E-state index in [-0.39, 0.29) is 18.4 Å². The van der Waals surface area contributed by atoms with Crippen molar-refractivity contribution >= 4 is 5.91 Å². The van der Waals surface area contributed by atoms with E-state index in [1.165, 1.54) is 17.5 Å². The molecule has 1 unspecified atom stereocenters. The van der Waals surface area contributed by atoms with Crippen molar-refractivity contribution in [3.63, 3.8) is 0 Å². The predicted octanol–water partition coefficient (Wildman–Crippen LogP) is 2.16. The third-order valence-corrected chi connectivity index (χ3v) is 4.84. The first kappa shape index (κ1) is 13.6. The molecule has 2 aliphatic carbocycles. The maximum atomic E-state index is 12.7. The molecule has 1 atom stereocenters. The van der Waals surface area contributed by atoms with E-state index in [4.69, 9.17) is 0 Å². The van der Waals surface area contributed by atoms with Gasteiger partial charge in [-0.2, -0.15) is 0 Å². The Morgan fingerprint density at radius 3 is 2.60 bits per heavy atom. The number of benzene rings is 1. The van der Waals surface area contributed by atoms with Crippen LogP contribution in [0.15, 0.2) is 24.3 Å². The summed E-state index contributed by atoms with van der Waals surface area (Å²) in [5.41, 5.74) is 2.73. The van der Waals surface area contributed by atoms with Gasteiger partial charge in [-0.15, -0.1) is 0 Å². The number of carbonyl (C=O) groups is 1. The van der Waals surface area contributed by atoms with Gasteiger partial charge in [0.15, 0.2) is 0 Å². The summed E-state index contributed by atoms with van der Waals surface area (Å²) in [7, 11) is 0. The number of aliphatic hydroxyl groups excluding tert-OH is 1. The van der Waals surface area contributed by atoms with Crippen molar-refractivity contribution < 1.29 is 9.90 Å². The van der Waals surface area contributed by atoms with Crippen LogP contribution < -0.4 is 0 Å². The average molecular weight is 273 g/mol. The topological polar surface area (TPSA) is 40.5 Å². The number of carbonyl (C=O) groups excluding carboxylic acids is 1. The van der Waals surface area contributed by atoms with Crippen LogP contribution in [0.3, 0.4) is 0 Å². The Morgan fingerprint density at radius 1 is 1.20 bits per heavy atom. The fourth-order valence-electron chi connectivity index (χ4n) is 3.42. The Morgan fingerprint density at radius 2 is 1.95 bits per heavy atom. The van der Waals surface area contributed by atoms with E-state index in [0.29, 0.717) is 12.6 Å². The zero-order valence-corrected chi connectivity index (χ0v) is 11.9. The van der Waals surface area contributed by atoms with Crippen LogP contribution in [-0.2, 0) is 17.6 Å². The molecule has 3 nitrogen and oxygen atoms in total. The second-order valence-electron chi connectivity index (χ2n) is 6.05. The molecule has 0 radical (unpaired) electrons. The van der Waals surface area contributed by atoms with E-state index < -0.39 is 0 Å². The second-order valence-corrected chi connectivity index (χ2v) is 6.05. The van der Waals surface area contributed by atoms with Crippen molar-refractivity contribution in [1.82, 2.24) is 4.90 Å². The third kappa shape index (κ3) is 2.59. The van der Waals surface area contributed by atoms with Crippen LogP contribution in [0.2, 0.25) is 0 Å². The lowest BCUT2D eigenvalue weighted by Gasteiger charge is -2.40. The largest absolute Gasteiger partial charge is 0.395 e. The van der Waals surface area contributed by atoms with Crippen molar-refractivity contribution in [2.24, 2.45) is 5.92 Å². The summed E-state index contributed by atoms with van der Waals surface area (Å²) in [6.07, 6.45) is 6.25. The summed E-state index contributed by atoms with van der Waals surface area (Å²) in [5.74, 6) is 0.371. The molecule has 0 bridgehead atoms. The number of nitrogens with zero attached hydrogens (tertiary/aromatic N) is 1. The molecule has 3 heteroatoms. The molecule has 0 heterocycles. The van der Waals surface area contributed by atoms with Crippen LogP contribution in [0.4, 0.5) is 0 Å². The van der Waals surface area contributed by atoms with Gasteiger partial charge in [0, 0.05) is 18.5 Å². The molecule has 3 rings (SSSR count). The molecular weight excluding hydrogens is 250 g/mol. The highest BCUT2D eigenvalue weighted by Gasteiger charge is 2.33. The molecule has 0 spiro atoms. The molecule has 1 saturated carbocycles. The quantitative estimate of drug-likeness (QED) is 0.913. The molecular formula is C17H23NO2. The van der Waals surface area contributed by atoms with Gasteiger partial charge in [-0.05, 0) is 49.7 Å². The zero-order valence-electron chi connectivity index (χ0n) is 11.9. The Hall–Kier alpha value is -1.35. The van der Waals surface area contributed by atoms with Gasteiger partial charge in [0.2, 0.25) is 5.91 Å². The molecule has 1 N–H and O–H groups in total. The monoisotopic (exact) mass is 273 g/mol. The van der Waals surface area contributed by atoms with E-state index in [1.807, 2.05) is 4.90 Å². The lowest BCUT2D eigenvalue weighted by atomic mass is 9.82. The third-order valence-electron chi connectivity index (χ3n) is 4.84. The average Bonchev–Trinajstić information content (AvgIpc) is 2.43. The molecule has 0 aliphatic heterocycles. The van der Waals surface area contributed by atoms with Gasteiger partial charge in [0.1, 0.15) is 0 Å². The highest BCUT2D eigenvalue weighted by atomic mass is 16.3. The van der Waals surface area contributed by atoms with Gasteiger partial charge < -0.3 is 10.0 Å². The van der Waals surface area contributed by atoms with Crippen LogP contribution in [-0.4, -0.2) is 35.1 Å². The van der Waals surface area contributed by atoms with Gasteiger partial charge in [0.25, 0.3) is 0 Å². The van der Waals surface area contributed by atoms with Gasteiger partial charge >= 0.3 is 0 Å². The molecule has 1 fully saturated rings. The molecule has 1 amide bonds. The number of hydrogen-bond acceptors (Lipinski definition) is 2. The maximum absolute atomic E-state index is 12.7. The van der Waals surface area contributed by atoms with Crippen LogP contribution in [0.5, 0.6) is 0 Å². The minimum atomic E-state index is 0.0749. The molecule has 1 aromatic carbocycles. The normalized spacial score (nSPS) is 21.9. The molecule has 2 aliphatic rings. The van der Waals surface area contributed by atoms with Gasteiger partial charge in [0.05, 0.1) is 6.61 Å². The first-order valence-electron chi connectivity index (χ1n) is 7.77. The Balaban J connectivity index is 1.70. The molecule has 108 valence electrons. The predicted molar refractivity (Wildman–Crippen MR) is 78.4 cm³/mol. The summed E-state index contributed by atoms with van der Waals surface area (Å²) in [6.45, 7) is 0.577. The van der Waals surface area contributed by atoms with Crippen LogP contribution in [0, 0.1) is 5.92 Å². The first-order chi connectivity index (χ1) is 9.79. The van der Waals surface area contributed by atoms with Crippen molar-refractivity contribution in [3.8, 4) is 0 Å². The fraction of sp³-hybridized carbons (Fsp3) is 0.588. The summed E-state index contributed by atoms with van der Waals surface area (Å²) in [4.78, 5) is 14.7. The van der Waals surface area contributed by atoms with Crippen LogP contribution >= 0.6 is 0 Å². The lowest BCUT2D eigenvalue weighted by molar-refractivity contribution is -0.140. The number of aryl methyl sites for hydroxylation is 1. The summed E-state index contributed by atoms with van der Waals surface area (Å²) in [6, 6.07) is 8.84. The number of fused-ring (bicyclic) bond motifs is 1. The number of hydrogen-bond donors (Lipinski definition) is 1. The molecule has 0 saturated heterocycles. The van der Waals surface area contributed by atoms with Crippen molar-refractivity contribution in [2.45, 2.75) is 44.6 Å². The van der Waals surface area contributed by atoms with E-state index in [2.05, 4.69) is 24.3 Å². The number of amides is 1. The highest BCUT2D eigenvalue weighted by Crippen LogP contribution is 2.30. The van der Waals surface area contributed by atoms with Crippen molar-refractivity contribution in [2.75, 3.05) is 13.2 Å². The molecule has 1 aromatic rings. The van der Waals surface area contributed by atoms with Crippen LogP contribution in [0.1, 0.15) is 36.8 Å².